The molecule has 1 aromatic carbocycles. The number of nitrogens with zero attached hydrogens (tertiary/aromatic N) is 1. The van der Waals surface area contributed by atoms with Crippen LogP contribution in [0, 0.1) is 0 Å². The van der Waals surface area contributed by atoms with Crippen LogP contribution < -0.4 is 15.8 Å². The Balaban J connectivity index is 1.57. The van der Waals surface area contributed by atoms with Gasteiger partial charge in [-0.25, -0.2) is 13.1 Å². The van der Waals surface area contributed by atoms with E-state index in [-0.39, 0.29) is 22.7 Å². The number of anilines is 1. The van der Waals surface area contributed by atoms with Crippen molar-refractivity contribution in [1.29, 1.82) is 0 Å². The maximum Gasteiger partial charge on any atom is 0.250 e. The highest BCUT2D eigenvalue weighted by Gasteiger charge is 2.28. The summed E-state index contributed by atoms with van der Waals surface area (Å²) >= 11 is 1.08. The highest BCUT2D eigenvalue weighted by molar-refractivity contribution is 7.91. The average molecular weight is 423 g/mol. The van der Waals surface area contributed by atoms with Gasteiger partial charge < -0.3 is 11.1 Å². The first-order valence-electron chi connectivity index (χ1n) is 8.80. The minimum atomic E-state index is -3.69. The number of thiophene rings is 1. The topological polar surface area (TPSA) is 122 Å². The molecule has 0 saturated carbocycles. The quantitative estimate of drug-likeness (QED) is 0.588. The maximum absolute atomic E-state index is 12.1. The lowest BCUT2D eigenvalue weighted by molar-refractivity contribution is -0.122. The fraction of sp³-hybridized carbons (Fsp3) is 0.333. The molecule has 1 aromatic heterocycles. The van der Waals surface area contributed by atoms with E-state index in [9.17, 15) is 18.0 Å². The van der Waals surface area contributed by atoms with Crippen molar-refractivity contribution in [1.82, 2.24) is 9.62 Å². The van der Waals surface area contributed by atoms with Gasteiger partial charge in [-0.1, -0.05) is 18.2 Å². The highest BCUT2D eigenvalue weighted by Crippen LogP contribution is 2.21. The fourth-order valence-electron chi connectivity index (χ4n) is 3.17. The number of hydrogen-bond donors (Lipinski definition) is 3. The van der Waals surface area contributed by atoms with Crippen LogP contribution in [0.3, 0.4) is 0 Å². The number of rotatable bonds is 8. The number of hydrogen-bond acceptors (Lipinski definition) is 6. The number of carbonyl (C=O) groups excluding carboxylic acids is 2. The lowest BCUT2D eigenvalue weighted by Crippen LogP contribution is -2.39. The second-order valence-electron chi connectivity index (χ2n) is 6.54. The molecule has 1 unspecified atom stereocenters. The van der Waals surface area contributed by atoms with Gasteiger partial charge in [0.05, 0.1) is 12.6 Å². The molecule has 1 fully saturated rings. The number of carbonyl (C=O) groups is 2. The highest BCUT2D eigenvalue weighted by atomic mass is 32.2. The van der Waals surface area contributed by atoms with Gasteiger partial charge in [-0.3, -0.25) is 14.5 Å². The SMILES string of the molecule is NC(=O)C1CCCN1Cc1cccc(NC(=O)CNS(=O)(=O)c2cccs2)c1. The first kappa shape index (κ1) is 20.5. The summed E-state index contributed by atoms with van der Waals surface area (Å²) in [6, 6.07) is 10.1. The lowest BCUT2D eigenvalue weighted by Gasteiger charge is -2.22. The summed E-state index contributed by atoms with van der Waals surface area (Å²) in [4.78, 5) is 25.7. The van der Waals surface area contributed by atoms with Crippen molar-refractivity contribution in [2.24, 2.45) is 5.73 Å². The Labute approximate surface area is 167 Å². The van der Waals surface area contributed by atoms with E-state index in [1.807, 2.05) is 17.0 Å². The van der Waals surface area contributed by atoms with E-state index >= 15 is 0 Å². The van der Waals surface area contributed by atoms with E-state index in [0.717, 1.165) is 36.3 Å². The first-order valence-corrected chi connectivity index (χ1v) is 11.2. The molecule has 150 valence electrons. The molecule has 8 nitrogen and oxygen atoms in total. The summed E-state index contributed by atoms with van der Waals surface area (Å²) in [5.41, 5.74) is 6.95. The molecule has 1 saturated heterocycles. The van der Waals surface area contributed by atoms with Crippen LogP contribution >= 0.6 is 11.3 Å². The minimum absolute atomic E-state index is 0.164. The van der Waals surface area contributed by atoms with Crippen LogP contribution in [0.25, 0.3) is 0 Å². The fourth-order valence-corrected chi connectivity index (χ4v) is 5.19. The Morgan fingerprint density at radius 3 is 2.79 bits per heavy atom. The van der Waals surface area contributed by atoms with E-state index in [2.05, 4.69) is 10.0 Å². The number of nitrogens with two attached hydrogens (primary N) is 1. The van der Waals surface area contributed by atoms with E-state index in [0.29, 0.717) is 12.2 Å². The normalized spacial score (nSPS) is 17.5. The van der Waals surface area contributed by atoms with Crippen LogP contribution in [-0.4, -0.2) is 44.3 Å². The number of primary amides is 1. The van der Waals surface area contributed by atoms with E-state index in [1.165, 1.54) is 6.07 Å². The summed E-state index contributed by atoms with van der Waals surface area (Å²) < 4.78 is 26.6. The van der Waals surface area contributed by atoms with Gasteiger partial charge in [0.1, 0.15) is 4.21 Å². The van der Waals surface area contributed by atoms with Gasteiger partial charge >= 0.3 is 0 Å². The third-order valence-corrected chi connectivity index (χ3v) is 7.27. The third-order valence-electron chi connectivity index (χ3n) is 4.47. The standard InChI is InChI=1S/C18H22N4O4S2/c19-18(24)15-6-2-8-22(15)12-13-4-1-5-14(10-13)21-16(23)11-20-28(25,26)17-7-3-9-27-17/h1,3-5,7,9-10,15,20H,2,6,8,11-12H2,(H2,19,24)(H,21,23). The van der Waals surface area contributed by atoms with Crippen LogP contribution in [0.15, 0.2) is 46.0 Å². The third kappa shape index (κ3) is 5.16. The van der Waals surface area contributed by atoms with E-state index < -0.39 is 15.9 Å². The van der Waals surface area contributed by atoms with Crippen LogP contribution in [0.4, 0.5) is 5.69 Å². The second kappa shape index (κ2) is 8.82. The molecule has 1 aliphatic rings. The molecule has 0 radical (unpaired) electrons. The second-order valence-corrected chi connectivity index (χ2v) is 9.48. The van der Waals surface area contributed by atoms with Crippen molar-refractivity contribution in [2.45, 2.75) is 29.6 Å². The molecule has 0 bridgehead atoms. The van der Waals surface area contributed by atoms with Crippen molar-refractivity contribution >= 4 is 38.9 Å². The molecule has 28 heavy (non-hydrogen) atoms. The Morgan fingerprint density at radius 2 is 2.07 bits per heavy atom. The van der Waals surface area contributed by atoms with Gasteiger partial charge in [0.15, 0.2) is 0 Å². The Morgan fingerprint density at radius 1 is 1.25 bits per heavy atom. The van der Waals surface area contributed by atoms with Gasteiger partial charge in [0.2, 0.25) is 11.8 Å². The van der Waals surface area contributed by atoms with Gasteiger partial charge in [0.25, 0.3) is 10.0 Å². The molecule has 2 heterocycles. The Kier molecular flexibility index (Phi) is 6.45. The largest absolute Gasteiger partial charge is 0.368 e. The summed E-state index contributed by atoms with van der Waals surface area (Å²) in [6.07, 6.45) is 1.69. The number of benzene rings is 1. The van der Waals surface area contributed by atoms with E-state index in [1.54, 1.807) is 23.6 Å². The van der Waals surface area contributed by atoms with Crippen LogP contribution in [0.1, 0.15) is 18.4 Å². The predicted molar refractivity (Wildman–Crippen MR) is 107 cm³/mol. The molecule has 2 aromatic rings. The molecule has 2 amide bonds. The molecule has 4 N–H and O–H groups in total. The molecule has 1 atom stereocenters. The Hall–Kier alpha value is -2.27. The van der Waals surface area contributed by atoms with Crippen LogP contribution in [0.2, 0.25) is 0 Å². The maximum atomic E-state index is 12.1. The van der Waals surface area contributed by atoms with E-state index in [4.69, 9.17) is 5.73 Å². The average Bonchev–Trinajstić information content (AvgIpc) is 3.32. The molecule has 0 aliphatic carbocycles. The molecule has 3 rings (SSSR count). The van der Waals surface area contributed by atoms with Crippen molar-refractivity contribution in [3.63, 3.8) is 0 Å². The van der Waals surface area contributed by atoms with Crippen molar-refractivity contribution in [3.05, 3.63) is 47.3 Å². The molecular weight excluding hydrogens is 400 g/mol. The van der Waals surface area contributed by atoms with Gasteiger partial charge in [0, 0.05) is 12.2 Å². The predicted octanol–water partition coefficient (Wildman–Crippen LogP) is 1.11. The van der Waals surface area contributed by atoms with Crippen LogP contribution in [0.5, 0.6) is 0 Å². The van der Waals surface area contributed by atoms with Gasteiger partial charge in [-0.15, -0.1) is 11.3 Å². The zero-order valence-electron chi connectivity index (χ0n) is 15.1. The Bertz CT molecular complexity index is 944. The lowest BCUT2D eigenvalue weighted by atomic mass is 10.1. The van der Waals surface area contributed by atoms with Crippen LogP contribution in [-0.2, 0) is 26.2 Å². The zero-order valence-corrected chi connectivity index (χ0v) is 16.8. The molecular formula is C18H22N4O4S2. The molecule has 1 aliphatic heterocycles. The smallest absolute Gasteiger partial charge is 0.250 e. The summed E-state index contributed by atoms with van der Waals surface area (Å²) in [6.45, 7) is 0.997. The summed E-state index contributed by atoms with van der Waals surface area (Å²) in [5.74, 6) is -0.784. The first-order chi connectivity index (χ1) is 13.3. The van der Waals surface area contributed by atoms with Crippen molar-refractivity contribution in [2.75, 3.05) is 18.4 Å². The number of nitrogens with one attached hydrogen (secondary N) is 2. The number of amides is 2. The summed E-state index contributed by atoms with van der Waals surface area (Å²) in [5, 5.41) is 4.34. The molecule has 10 heteroatoms. The summed E-state index contributed by atoms with van der Waals surface area (Å²) in [7, 11) is -3.69. The van der Waals surface area contributed by atoms with Crippen molar-refractivity contribution < 1.29 is 18.0 Å². The number of sulfonamides is 1. The number of likely N-dealkylation sites (tertiary alicyclic amines) is 1. The van der Waals surface area contributed by atoms with Crippen molar-refractivity contribution in [3.8, 4) is 0 Å². The zero-order chi connectivity index (χ0) is 20.1. The molecule has 0 spiro atoms. The van der Waals surface area contributed by atoms with Gasteiger partial charge in [-0.2, -0.15) is 0 Å². The van der Waals surface area contributed by atoms with Gasteiger partial charge in [-0.05, 0) is 48.5 Å². The monoisotopic (exact) mass is 422 g/mol. The minimum Gasteiger partial charge on any atom is -0.368 e.